The lowest BCUT2D eigenvalue weighted by atomic mass is 10.0. The largest absolute Gasteiger partial charge is 0.383 e. The average molecular weight is 537 g/mol. The van der Waals surface area contributed by atoms with Crippen molar-refractivity contribution in [3.05, 3.63) is 45.9 Å². The number of hydrogen-bond donors (Lipinski definition) is 1. The summed E-state index contributed by atoms with van der Waals surface area (Å²) in [6.07, 6.45) is 1.47. The van der Waals surface area contributed by atoms with E-state index >= 15 is 0 Å². The number of benzene rings is 1. The van der Waals surface area contributed by atoms with E-state index < -0.39 is 11.7 Å². The van der Waals surface area contributed by atoms with Gasteiger partial charge in [-0.15, -0.1) is 11.3 Å². The van der Waals surface area contributed by atoms with Crippen molar-refractivity contribution >= 4 is 45.8 Å². The fourth-order valence-electron chi connectivity index (χ4n) is 4.16. The third-order valence-electron chi connectivity index (χ3n) is 6.10. The molecule has 0 atom stereocenters. The van der Waals surface area contributed by atoms with E-state index in [0.717, 1.165) is 0 Å². The standard InChI is InChI=1S/C24H29ClN4O6S/c1-33-11-10-29(22(32)17-2-4-18(25)5-3-17)15-20(30)27-23-26-19(16-36-23)14-21(31)28-8-6-24(7-9-28)34-12-13-35-24/h2-5,16H,6-15H2,1H3,(H,26,27,30). The van der Waals surface area contributed by atoms with Gasteiger partial charge in [0.15, 0.2) is 10.9 Å². The van der Waals surface area contributed by atoms with Crippen LogP contribution in [0.15, 0.2) is 29.6 Å². The molecule has 2 aromatic rings. The SMILES string of the molecule is COCCN(CC(=O)Nc1nc(CC(=O)N2CCC3(CC2)OCCO3)cs1)C(=O)c1ccc(Cl)cc1. The zero-order valence-corrected chi connectivity index (χ0v) is 21.6. The number of likely N-dealkylation sites (tertiary alicyclic amines) is 1. The lowest BCUT2D eigenvalue weighted by Gasteiger charge is -2.37. The summed E-state index contributed by atoms with van der Waals surface area (Å²) in [5.74, 6) is -1.24. The van der Waals surface area contributed by atoms with Gasteiger partial charge in [-0.3, -0.25) is 14.4 Å². The molecule has 1 N–H and O–H groups in total. The number of carbonyl (C=O) groups excluding carboxylic acids is 3. The fraction of sp³-hybridized carbons (Fsp3) is 0.500. The zero-order chi connectivity index (χ0) is 25.5. The smallest absolute Gasteiger partial charge is 0.254 e. The molecule has 2 fully saturated rings. The van der Waals surface area contributed by atoms with Gasteiger partial charge in [0.05, 0.1) is 31.9 Å². The highest BCUT2D eigenvalue weighted by molar-refractivity contribution is 7.13. The highest BCUT2D eigenvalue weighted by Crippen LogP contribution is 2.31. The number of piperidine rings is 1. The van der Waals surface area contributed by atoms with E-state index in [1.54, 1.807) is 34.5 Å². The number of halogens is 1. The van der Waals surface area contributed by atoms with E-state index in [1.165, 1.54) is 23.3 Å². The van der Waals surface area contributed by atoms with Gasteiger partial charge in [-0.1, -0.05) is 11.6 Å². The number of aromatic nitrogens is 1. The Kier molecular flexibility index (Phi) is 8.91. The van der Waals surface area contributed by atoms with E-state index in [4.69, 9.17) is 25.8 Å². The first-order chi connectivity index (χ1) is 17.4. The Morgan fingerprint density at radius 2 is 1.89 bits per heavy atom. The van der Waals surface area contributed by atoms with Crippen LogP contribution in [0.25, 0.3) is 0 Å². The summed E-state index contributed by atoms with van der Waals surface area (Å²) in [7, 11) is 1.53. The number of carbonyl (C=O) groups is 3. The third-order valence-corrected chi connectivity index (χ3v) is 7.16. The first-order valence-corrected chi connectivity index (χ1v) is 13.0. The Morgan fingerprint density at radius 3 is 2.56 bits per heavy atom. The minimum Gasteiger partial charge on any atom is -0.383 e. The average Bonchev–Trinajstić information content (AvgIpc) is 3.51. The number of nitrogens with zero attached hydrogens (tertiary/aromatic N) is 3. The topological polar surface area (TPSA) is 110 Å². The van der Waals surface area contributed by atoms with Crippen LogP contribution in [-0.4, -0.2) is 91.4 Å². The maximum absolute atomic E-state index is 12.9. The van der Waals surface area contributed by atoms with Gasteiger partial charge in [-0.25, -0.2) is 4.98 Å². The number of thiazole rings is 1. The maximum atomic E-state index is 12.9. The molecule has 1 spiro atoms. The van der Waals surface area contributed by atoms with Crippen LogP contribution in [-0.2, 0) is 30.2 Å². The zero-order valence-electron chi connectivity index (χ0n) is 20.0. The van der Waals surface area contributed by atoms with Crippen LogP contribution >= 0.6 is 22.9 Å². The Bertz CT molecular complexity index is 1060. The second kappa shape index (κ2) is 12.1. The van der Waals surface area contributed by atoms with E-state index in [2.05, 4.69) is 10.3 Å². The van der Waals surface area contributed by atoms with Gasteiger partial charge in [0.2, 0.25) is 11.8 Å². The molecule has 4 rings (SSSR count). The quantitative estimate of drug-likeness (QED) is 0.524. The van der Waals surface area contributed by atoms with Crippen molar-refractivity contribution in [1.29, 1.82) is 0 Å². The molecule has 3 heterocycles. The molecule has 36 heavy (non-hydrogen) atoms. The molecule has 1 aromatic carbocycles. The highest BCUT2D eigenvalue weighted by Gasteiger charge is 2.40. The number of amides is 3. The molecule has 12 heteroatoms. The number of hydrogen-bond acceptors (Lipinski definition) is 8. The summed E-state index contributed by atoms with van der Waals surface area (Å²) in [4.78, 5) is 45.9. The molecule has 194 valence electrons. The van der Waals surface area contributed by atoms with Crippen LogP contribution in [0.3, 0.4) is 0 Å². The van der Waals surface area contributed by atoms with Gasteiger partial charge >= 0.3 is 0 Å². The summed E-state index contributed by atoms with van der Waals surface area (Å²) in [6, 6.07) is 6.48. The van der Waals surface area contributed by atoms with Gasteiger partial charge in [-0.05, 0) is 24.3 Å². The van der Waals surface area contributed by atoms with E-state index in [1.807, 2.05) is 0 Å². The third kappa shape index (κ3) is 6.80. The molecule has 1 aromatic heterocycles. The predicted octanol–water partition coefficient (Wildman–Crippen LogP) is 2.43. The van der Waals surface area contributed by atoms with Gasteiger partial charge < -0.3 is 29.3 Å². The first-order valence-electron chi connectivity index (χ1n) is 11.7. The van der Waals surface area contributed by atoms with Crippen LogP contribution in [0.1, 0.15) is 28.9 Å². The minimum absolute atomic E-state index is 0.0228. The molecule has 0 bridgehead atoms. The molecule has 0 aliphatic carbocycles. The van der Waals surface area contributed by atoms with Gasteiger partial charge in [0.1, 0.15) is 6.54 Å². The van der Waals surface area contributed by atoms with Crippen molar-refractivity contribution in [2.45, 2.75) is 25.0 Å². The number of nitrogens with one attached hydrogen (secondary N) is 1. The summed E-state index contributed by atoms with van der Waals surface area (Å²) >= 11 is 7.15. The van der Waals surface area contributed by atoms with Crippen LogP contribution < -0.4 is 5.32 Å². The number of rotatable bonds is 9. The van der Waals surface area contributed by atoms with Crippen LogP contribution in [0.2, 0.25) is 5.02 Å². The van der Waals surface area contributed by atoms with Crippen molar-refractivity contribution < 1.29 is 28.6 Å². The van der Waals surface area contributed by atoms with Crippen molar-refractivity contribution in [2.75, 3.05) is 58.4 Å². The number of methoxy groups -OCH3 is 1. The molecule has 0 unspecified atom stereocenters. The van der Waals surface area contributed by atoms with Crippen molar-refractivity contribution in [1.82, 2.24) is 14.8 Å². The number of ether oxygens (including phenoxy) is 3. The van der Waals surface area contributed by atoms with E-state index in [0.29, 0.717) is 60.6 Å². The molecule has 10 nitrogen and oxygen atoms in total. The fourth-order valence-corrected chi connectivity index (χ4v) is 5.01. The minimum atomic E-state index is -0.527. The predicted molar refractivity (Wildman–Crippen MR) is 134 cm³/mol. The Labute approximate surface area is 218 Å². The maximum Gasteiger partial charge on any atom is 0.254 e. The highest BCUT2D eigenvalue weighted by atomic mass is 35.5. The molecular formula is C24H29ClN4O6S. The van der Waals surface area contributed by atoms with E-state index in [-0.39, 0.29) is 37.9 Å². The molecule has 3 amide bonds. The summed E-state index contributed by atoms with van der Waals surface area (Å²) in [5, 5.41) is 5.37. The van der Waals surface area contributed by atoms with Gasteiger partial charge in [-0.2, -0.15) is 0 Å². The van der Waals surface area contributed by atoms with Crippen LogP contribution in [0, 0.1) is 0 Å². The second-order valence-corrected chi connectivity index (χ2v) is 9.88. The Hall–Kier alpha value is -2.57. The second-order valence-electron chi connectivity index (χ2n) is 8.58. The Morgan fingerprint density at radius 1 is 1.19 bits per heavy atom. The van der Waals surface area contributed by atoms with Crippen LogP contribution in [0.5, 0.6) is 0 Å². The molecule has 2 saturated heterocycles. The van der Waals surface area contributed by atoms with Gasteiger partial charge in [0.25, 0.3) is 5.91 Å². The van der Waals surface area contributed by atoms with Gasteiger partial charge in [0, 0.05) is 55.6 Å². The molecule has 2 aliphatic rings. The molecule has 2 aliphatic heterocycles. The lowest BCUT2D eigenvalue weighted by Crippen LogP contribution is -2.47. The monoisotopic (exact) mass is 536 g/mol. The lowest BCUT2D eigenvalue weighted by molar-refractivity contribution is -0.187. The molecular weight excluding hydrogens is 508 g/mol. The molecule has 0 radical (unpaired) electrons. The molecule has 0 saturated carbocycles. The van der Waals surface area contributed by atoms with E-state index in [9.17, 15) is 14.4 Å². The summed E-state index contributed by atoms with van der Waals surface area (Å²) in [5.41, 5.74) is 1.01. The summed E-state index contributed by atoms with van der Waals surface area (Å²) in [6.45, 7) is 2.71. The van der Waals surface area contributed by atoms with Crippen molar-refractivity contribution in [2.24, 2.45) is 0 Å². The summed E-state index contributed by atoms with van der Waals surface area (Å²) < 4.78 is 16.5. The van der Waals surface area contributed by atoms with Crippen LogP contribution in [0.4, 0.5) is 5.13 Å². The first kappa shape index (κ1) is 26.5. The Balaban J connectivity index is 1.29. The number of anilines is 1. The van der Waals surface area contributed by atoms with Crippen molar-refractivity contribution in [3.8, 4) is 0 Å². The van der Waals surface area contributed by atoms with Crippen molar-refractivity contribution in [3.63, 3.8) is 0 Å². The normalized spacial score (nSPS) is 16.8.